The van der Waals surface area contributed by atoms with Crippen LogP contribution >= 0.6 is 11.8 Å². The number of nitrogens with zero attached hydrogens (tertiary/aromatic N) is 4. The second kappa shape index (κ2) is 7.13. The Kier molecular flexibility index (Phi) is 5.20. The highest BCUT2D eigenvalue weighted by Crippen LogP contribution is 2.15. The third-order valence-corrected chi connectivity index (χ3v) is 3.28. The minimum atomic E-state index is 0.531. The molecule has 1 heterocycles. The van der Waals surface area contributed by atoms with E-state index in [-0.39, 0.29) is 0 Å². The van der Waals surface area contributed by atoms with Crippen molar-refractivity contribution in [3.05, 3.63) is 30.3 Å². The third-order valence-electron chi connectivity index (χ3n) is 2.36. The van der Waals surface area contributed by atoms with E-state index in [2.05, 4.69) is 29.4 Å². The maximum absolute atomic E-state index is 5.63. The van der Waals surface area contributed by atoms with Crippen molar-refractivity contribution in [3.8, 4) is 5.75 Å². The number of aromatic nitrogens is 4. The van der Waals surface area contributed by atoms with E-state index in [0.29, 0.717) is 12.5 Å². The molecule has 0 radical (unpaired) electrons. The summed E-state index contributed by atoms with van der Waals surface area (Å²) in [6.45, 7) is 5.78. The number of tetrazole rings is 1. The van der Waals surface area contributed by atoms with Gasteiger partial charge < -0.3 is 4.74 Å². The minimum Gasteiger partial charge on any atom is -0.493 e. The van der Waals surface area contributed by atoms with Gasteiger partial charge in [-0.2, -0.15) is 0 Å². The average Bonchev–Trinajstić information content (AvgIpc) is 2.82. The molecule has 6 heteroatoms. The van der Waals surface area contributed by atoms with E-state index >= 15 is 0 Å². The van der Waals surface area contributed by atoms with Gasteiger partial charge in [0.15, 0.2) is 0 Å². The van der Waals surface area contributed by atoms with Crippen LogP contribution < -0.4 is 4.74 Å². The zero-order valence-corrected chi connectivity index (χ0v) is 12.0. The summed E-state index contributed by atoms with van der Waals surface area (Å²) in [5, 5.41) is 12.6. The van der Waals surface area contributed by atoms with Crippen molar-refractivity contribution in [3.63, 3.8) is 0 Å². The van der Waals surface area contributed by atoms with Crippen LogP contribution in [0, 0.1) is 5.92 Å². The fourth-order valence-corrected chi connectivity index (χ4v) is 2.27. The van der Waals surface area contributed by atoms with E-state index in [1.54, 1.807) is 11.8 Å². The highest BCUT2D eigenvalue weighted by Gasteiger charge is 2.07. The van der Waals surface area contributed by atoms with Gasteiger partial charge in [-0.3, -0.25) is 0 Å². The molecule has 0 aliphatic heterocycles. The van der Waals surface area contributed by atoms with Crippen LogP contribution in [0.4, 0.5) is 0 Å². The second-order valence-electron chi connectivity index (χ2n) is 4.55. The Labute approximate surface area is 117 Å². The number of para-hydroxylation sites is 1. The quantitative estimate of drug-likeness (QED) is 0.575. The lowest BCUT2D eigenvalue weighted by molar-refractivity contribution is 0.343. The molecule has 2 rings (SSSR count). The number of benzene rings is 1. The predicted molar refractivity (Wildman–Crippen MR) is 75.3 cm³/mol. The molecule has 2 aromatic rings. The molecule has 0 saturated heterocycles. The maximum atomic E-state index is 5.63. The van der Waals surface area contributed by atoms with Crippen LogP contribution in [0.1, 0.15) is 13.8 Å². The van der Waals surface area contributed by atoms with Gasteiger partial charge in [-0.25, -0.2) is 4.68 Å². The molecule has 0 saturated carbocycles. The van der Waals surface area contributed by atoms with Crippen molar-refractivity contribution in [2.45, 2.75) is 25.5 Å². The Bertz CT molecular complexity index is 486. The van der Waals surface area contributed by atoms with Gasteiger partial charge >= 0.3 is 0 Å². The number of hydrogen-bond acceptors (Lipinski definition) is 5. The van der Waals surface area contributed by atoms with E-state index in [9.17, 15) is 0 Å². The number of rotatable bonds is 7. The zero-order chi connectivity index (χ0) is 13.5. The predicted octanol–water partition coefficient (Wildman–Crippen LogP) is 2.50. The van der Waals surface area contributed by atoms with Crippen molar-refractivity contribution in [1.29, 1.82) is 0 Å². The Hall–Kier alpha value is -1.56. The number of thioether (sulfide) groups is 1. The van der Waals surface area contributed by atoms with Crippen LogP contribution in [0.25, 0.3) is 0 Å². The van der Waals surface area contributed by atoms with Crippen LogP contribution in [-0.2, 0) is 6.54 Å². The van der Waals surface area contributed by atoms with Gasteiger partial charge in [0.25, 0.3) is 0 Å². The van der Waals surface area contributed by atoms with Crippen LogP contribution in [0.15, 0.2) is 35.5 Å². The van der Waals surface area contributed by atoms with Gasteiger partial charge in [0.1, 0.15) is 5.75 Å². The summed E-state index contributed by atoms with van der Waals surface area (Å²) < 4.78 is 7.47. The van der Waals surface area contributed by atoms with Crippen molar-refractivity contribution in [2.75, 3.05) is 12.4 Å². The maximum Gasteiger partial charge on any atom is 0.209 e. The summed E-state index contributed by atoms with van der Waals surface area (Å²) in [5.74, 6) is 2.25. The highest BCUT2D eigenvalue weighted by molar-refractivity contribution is 7.99. The summed E-state index contributed by atoms with van der Waals surface area (Å²) in [6.07, 6.45) is 0. The smallest absolute Gasteiger partial charge is 0.209 e. The van der Waals surface area contributed by atoms with Gasteiger partial charge in [-0.1, -0.05) is 43.8 Å². The van der Waals surface area contributed by atoms with E-state index < -0.39 is 0 Å². The number of ether oxygens (including phenoxy) is 1. The molecule has 5 nitrogen and oxygen atoms in total. The first-order valence-corrected chi connectivity index (χ1v) is 7.31. The standard InChI is InChI=1S/C13H18N4OS/c1-11(2)10-17-13(14-15-16-17)19-9-8-18-12-6-4-3-5-7-12/h3-7,11H,8-10H2,1-2H3. The monoisotopic (exact) mass is 278 g/mol. The average molecular weight is 278 g/mol. The van der Waals surface area contributed by atoms with Crippen LogP contribution in [0.3, 0.4) is 0 Å². The fourth-order valence-electron chi connectivity index (χ4n) is 1.57. The zero-order valence-electron chi connectivity index (χ0n) is 11.2. The normalized spacial score (nSPS) is 10.9. The van der Waals surface area contributed by atoms with Crippen molar-refractivity contribution in [2.24, 2.45) is 5.92 Å². The van der Waals surface area contributed by atoms with Gasteiger partial charge in [-0.15, -0.1) is 5.10 Å². The first kappa shape index (κ1) is 13.9. The molecule has 0 N–H and O–H groups in total. The van der Waals surface area contributed by atoms with Gasteiger partial charge in [-0.05, 0) is 28.5 Å². The van der Waals surface area contributed by atoms with E-state index in [4.69, 9.17) is 4.74 Å². The molecule has 0 fully saturated rings. The molecule has 0 amide bonds. The lowest BCUT2D eigenvalue weighted by Crippen LogP contribution is -2.08. The Morgan fingerprint density at radius 3 is 2.79 bits per heavy atom. The van der Waals surface area contributed by atoms with Crippen LogP contribution in [-0.4, -0.2) is 32.6 Å². The van der Waals surface area contributed by atoms with Crippen LogP contribution in [0.2, 0.25) is 0 Å². The Morgan fingerprint density at radius 2 is 2.05 bits per heavy atom. The van der Waals surface area contributed by atoms with Crippen LogP contribution in [0.5, 0.6) is 5.75 Å². The molecular formula is C13H18N4OS. The first-order chi connectivity index (χ1) is 9.25. The highest BCUT2D eigenvalue weighted by atomic mass is 32.2. The molecule has 102 valence electrons. The summed E-state index contributed by atoms with van der Waals surface area (Å²) >= 11 is 1.62. The van der Waals surface area contributed by atoms with E-state index in [0.717, 1.165) is 23.2 Å². The minimum absolute atomic E-state index is 0.531. The fraction of sp³-hybridized carbons (Fsp3) is 0.462. The van der Waals surface area contributed by atoms with E-state index in [1.165, 1.54) is 0 Å². The van der Waals surface area contributed by atoms with Gasteiger partial charge in [0.05, 0.1) is 6.61 Å². The molecule has 0 spiro atoms. The summed E-state index contributed by atoms with van der Waals surface area (Å²) in [7, 11) is 0. The SMILES string of the molecule is CC(C)Cn1nnnc1SCCOc1ccccc1. The summed E-state index contributed by atoms with van der Waals surface area (Å²) in [4.78, 5) is 0. The lowest BCUT2D eigenvalue weighted by atomic mass is 10.2. The summed E-state index contributed by atoms with van der Waals surface area (Å²) in [5.41, 5.74) is 0. The Morgan fingerprint density at radius 1 is 1.26 bits per heavy atom. The van der Waals surface area contributed by atoms with Crippen molar-refractivity contribution < 1.29 is 4.74 Å². The molecule has 0 aliphatic carbocycles. The molecule has 0 aliphatic rings. The molecule has 1 aromatic carbocycles. The topological polar surface area (TPSA) is 52.8 Å². The first-order valence-electron chi connectivity index (χ1n) is 6.32. The molecule has 0 unspecified atom stereocenters. The van der Waals surface area contributed by atoms with E-state index in [1.807, 2.05) is 35.0 Å². The Balaban J connectivity index is 1.75. The third kappa shape index (κ3) is 4.55. The van der Waals surface area contributed by atoms with Gasteiger partial charge in [0, 0.05) is 12.3 Å². The molecule has 0 bridgehead atoms. The number of hydrogen-bond donors (Lipinski definition) is 0. The molecule has 0 atom stereocenters. The molecular weight excluding hydrogens is 260 g/mol. The summed E-state index contributed by atoms with van der Waals surface area (Å²) in [6, 6.07) is 9.81. The van der Waals surface area contributed by atoms with Crippen molar-refractivity contribution >= 4 is 11.8 Å². The molecule has 19 heavy (non-hydrogen) atoms. The van der Waals surface area contributed by atoms with Crippen molar-refractivity contribution in [1.82, 2.24) is 20.2 Å². The molecule has 1 aromatic heterocycles. The lowest BCUT2D eigenvalue weighted by Gasteiger charge is -2.07. The van der Waals surface area contributed by atoms with Gasteiger partial charge in [0.2, 0.25) is 5.16 Å². The second-order valence-corrected chi connectivity index (χ2v) is 5.61. The largest absolute Gasteiger partial charge is 0.493 e.